The lowest BCUT2D eigenvalue weighted by Crippen LogP contribution is -2.09. The Bertz CT molecular complexity index is 397. The summed E-state index contributed by atoms with van der Waals surface area (Å²) in [6, 6.07) is 3.87. The van der Waals surface area contributed by atoms with Crippen molar-refractivity contribution in [2.45, 2.75) is 40.2 Å². The first-order valence-electron chi connectivity index (χ1n) is 5.45. The third-order valence-electron chi connectivity index (χ3n) is 2.25. The maximum absolute atomic E-state index is 11.7. The average molecular weight is 332 g/mol. The Morgan fingerprint density at radius 2 is 2.06 bits per heavy atom. The van der Waals surface area contributed by atoms with Crippen LogP contribution in [0.3, 0.4) is 0 Å². The smallest absolute Gasteiger partial charge is 0.163 e. The summed E-state index contributed by atoms with van der Waals surface area (Å²) in [4.78, 5) is 11.7. The molecule has 0 fully saturated rings. The average Bonchev–Trinajstić information content (AvgIpc) is 2.20. The number of carbonyl (C=O) groups is 1. The second-order valence-electron chi connectivity index (χ2n) is 4.04. The van der Waals surface area contributed by atoms with Gasteiger partial charge in [0.15, 0.2) is 5.78 Å². The number of hydrogen-bond acceptors (Lipinski definition) is 2. The van der Waals surface area contributed by atoms with E-state index >= 15 is 0 Å². The zero-order chi connectivity index (χ0) is 12.3. The Labute approximate surface area is 111 Å². The first-order valence-corrected chi connectivity index (χ1v) is 6.53. The summed E-state index contributed by atoms with van der Waals surface area (Å²) in [6.07, 6.45) is 0.656. The van der Waals surface area contributed by atoms with Crippen LogP contribution in [0.4, 0.5) is 0 Å². The lowest BCUT2D eigenvalue weighted by Gasteiger charge is -2.14. The van der Waals surface area contributed by atoms with Crippen molar-refractivity contribution in [3.05, 3.63) is 26.8 Å². The van der Waals surface area contributed by atoms with Crippen LogP contribution in [0, 0.1) is 10.5 Å². The summed E-state index contributed by atoms with van der Waals surface area (Å²) in [5, 5.41) is 0. The van der Waals surface area contributed by atoms with Crippen LogP contribution in [-0.4, -0.2) is 11.9 Å². The molecule has 3 heteroatoms. The van der Waals surface area contributed by atoms with Crippen molar-refractivity contribution in [2.24, 2.45) is 0 Å². The van der Waals surface area contributed by atoms with Crippen molar-refractivity contribution in [2.75, 3.05) is 0 Å². The summed E-state index contributed by atoms with van der Waals surface area (Å²) in [5.74, 6) is 0.977. The van der Waals surface area contributed by atoms with Crippen LogP contribution >= 0.6 is 22.6 Å². The minimum absolute atomic E-state index is 0.128. The van der Waals surface area contributed by atoms with E-state index in [9.17, 15) is 4.79 Å². The molecule has 0 heterocycles. The molecule has 0 unspecified atom stereocenters. The van der Waals surface area contributed by atoms with Gasteiger partial charge in [-0.15, -0.1) is 0 Å². The Hall–Kier alpha value is -0.580. The van der Waals surface area contributed by atoms with E-state index in [2.05, 4.69) is 22.6 Å². The van der Waals surface area contributed by atoms with Crippen LogP contribution in [0.25, 0.3) is 0 Å². The summed E-state index contributed by atoms with van der Waals surface area (Å²) in [5.41, 5.74) is 1.84. The lowest BCUT2D eigenvalue weighted by molar-refractivity contribution is 0.0986. The van der Waals surface area contributed by atoms with Crippen molar-refractivity contribution < 1.29 is 9.53 Å². The van der Waals surface area contributed by atoms with Crippen molar-refractivity contribution in [3.63, 3.8) is 0 Å². The maximum Gasteiger partial charge on any atom is 0.163 e. The second kappa shape index (κ2) is 5.66. The molecule has 0 aliphatic heterocycles. The molecule has 1 rings (SSSR count). The van der Waals surface area contributed by atoms with Gasteiger partial charge in [0.25, 0.3) is 0 Å². The predicted molar refractivity (Wildman–Crippen MR) is 74.3 cm³/mol. The van der Waals surface area contributed by atoms with Crippen LogP contribution in [0.2, 0.25) is 0 Å². The largest absolute Gasteiger partial charge is 0.491 e. The number of carbonyl (C=O) groups excluding carboxylic acids is 1. The third kappa shape index (κ3) is 3.20. The van der Waals surface area contributed by atoms with Crippen LogP contribution < -0.4 is 4.74 Å². The van der Waals surface area contributed by atoms with Gasteiger partial charge in [0.2, 0.25) is 0 Å². The molecule has 0 spiro atoms. The monoisotopic (exact) mass is 332 g/mol. The highest BCUT2D eigenvalue weighted by atomic mass is 127. The fourth-order valence-electron chi connectivity index (χ4n) is 1.44. The zero-order valence-electron chi connectivity index (χ0n) is 10.1. The maximum atomic E-state index is 11.7. The van der Waals surface area contributed by atoms with Gasteiger partial charge in [-0.25, -0.2) is 0 Å². The Morgan fingerprint density at radius 1 is 1.44 bits per heavy atom. The molecule has 0 N–H and O–H groups in total. The fraction of sp³-hybridized carbons (Fsp3) is 0.462. The van der Waals surface area contributed by atoms with Crippen LogP contribution in [0.15, 0.2) is 12.1 Å². The van der Waals surface area contributed by atoms with E-state index in [0.29, 0.717) is 6.42 Å². The Morgan fingerprint density at radius 3 is 2.56 bits per heavy atom. The molecule has 1 aromatic carbocycles. The molecule has 0 aliphatic carbocycles. The number of ether oxygens (including phenoxy) is 1. The van der Waals surface area contributed by atoms with Crippen LogP contribution in [0.5, 0.6) is 5.75 Å². The first kappa shape index (κ1) is 13.5. The molecule has 0 aromatic heterocycles. The second-order valence-corrected chi connectivity index (χ2v) is 5.20. The van der Waals surface area contributed by atoms with Crippen LogP contribution in [0.1, 0.15) is 43.1 Å². The quantitative estimate of drug-likeness (QED) is 0.616. The zero-order valence-corrected chi connectivity index (χ0v) is 12.3. The van der Waals surface area contributed by atoms with Crippen molar-refractivity contribution >= 4 is 28.4 Å². The highest BCUT2D eigenvalue weighted by Crippen LogP contribution is 2.26. The Balaban J connectivity index is 3.16. The van der Waals surface area contributed by atoms with Crippen LogP contribution in [-0.2, 0) is 0 Å². The molecular weight excluding hydrogens is 315 g/mol. The fourth-order valence-corrected chi connectivity index (χ4v) is 2.36. The summed E-state index contributed by atoms with van der Waals surface area (Å²) >= 11 is 2.20. The summed E-state index contributed by atoms with van der Waals surface area (Å²) in [6.45, 7) is 7.85. The molecule has 0 amide bonds. The van der Waals surface area contributed by atoms with E-state index in [1.807, 2.05) is 39.8 Å². The molecule has 16 heavy (non-hydrogen) atoms. The Kier molecular flexibility index (Phi) is 4.77. The number of halogens is 1. The van der Waals surface area contributed by atoms with Crippen molar-refractivity contribution in [1.82, 2.24) is 0 Å². The van der Waals surface area contributed by atoms with Gasteiger partial charge in [0, 0.05) is 15.6 Å². The summed E-state index contributed by atoms with van der Waals surface area (Å²) < 4.78 is 6.68. The molecule has 88 valence electrons. The topological polar surface area (TPSA) is 26.3 Å². The van der Waals surface area contributed by atoms with Gasteiger partial charge in [-0.2, -0.15) is 0 Å². The van der Waals surface area contributed by atoms with Gasteiger partial charge < -0.3 is 4.74 Å². The number of Topliss-reactive ketones (excluding diaryl/α,β-unsaturated/α-hetero) is 1. The molecule has 0 bridgehead atoms. The molecule has 0 saturated heterocycles. The third-order valence-corrected chi connectivity index (χ3v) is 3.14. The minimum atomic E-state index is 0.128. The molecule has 2 nitrogen and oxygen atoms in total. The van der Waals surface area contributed by atoms with E-state index in [0.717, 1.165) is 20.4 Å². The predicted octanol–water partition coefficient (Wildman–Crippen LogP) is 3.98. The standard InChI is InChI=1S/C13H17IO2/c1-5-12(15)10-7-13(16-8(2)3)9(4)6-11(10)14/h6-8H,5H2,1-4H3. The minimum Gasteiger partial charge on any atom is -0.491 e. The van der Waals surface area contributed by atoms with Gasteiger partial charge in [-0.05, 0) is 61.1 Å². The number of ketones is 1. The highest BCUT2D eigenvalue weighted by molar-refractivity contribution is 14.1. The van der Waals surface area contributed by atoms with Gasteiger partial charge in [0.1, 0.15) is 5.75 Å². The van der Waals surface area contributed by atoms with Gasteiger partial charge in [-0.3, -0.25) is 4.79 Å². The molecule has 0 radical (unpaired) electrons. The molecule has 0 saturated carbocycles. The van der Waals surface area contributed by atoms with Gasteiger partial charge in [0.05, 0.1) is 6.10 Å². The van der Waals surface area contributed by atoms with E-state index in [1.165, 1.54) is 0 Å². The normalized spacial score (nSPS) is 10.6. The first-order chi connectivity index (χ1) is 7.45. The SMILES string of the molecule is CCC(=O)c1cc(OC(C)C)c(C)cc1I. The molecule has 0 atom stereocenters. The number of aryl methyl sites for hydroxylation is 1. The highest BCUT2D eigenvalue weighted by Gasteiger charge is 2.12. The number of benzene rings is 1. The van der Waals surface area contributed by atoms with E-state index in [4.69, 9.17) is 4.74 Å². The number of rotatable bonds is 4. The molecule has 0 aliphatic rings. The molecule has 1 aromatic rings. The van der Waals surface area contributed by atoms with Crippen molar-refractivity contribution in [1.29, 1.82) is 0 Å². The van der Waals surface area contributed by atoms with Gasteiger partial charge >= 0.3 is 0 Å². The lowest BCUT2D eigenvalue weighted by atomic mass is 10.1. The van der Waals surface area contributed by atoms with Crippen molar-refractivity contribution in [3.8, 4) is 5.75 Å². The van der Waals surface area contributed by atoms with E-state index in [-0.39, 0.29) is 11.9 Å². The van der Waals surface area contributed by atoms with Gasteiger partial charge in [-0.1, -0.05) is 6.92 Å². The number of hydrogen-bond donors (Lipinski definition) is 0. The van der Waals surface area contributed by atoms with E-state index in [1.54, 1.807) is 0 Å². The molecular formula is C13H17IO2. The van der Waals surface area contributed by atoms with E-state index < -0.39 is 0 Å². The summed E-state index contributed by atoms with van der Waals surface area (Å²) in [7, 11) is 0.